The summed E-state index contributed by atoms with van der Waals surface area (Å²) in [4.78, 5) is 29.2. The first-order valence-corrected chi connectivity index (χ1v) is 9.01. The van der Waals surface area contributed by atoms with Crippen LogP contribution in [-0.2, 0) is 0 Å². The maximum atomic E-state index is 12.8. The predicted molar refractivity (Wildman–Crippen MR) is 93.4 cm³/mol. The van der Waals surface area contributed by atoms with Gasteiger partial charge in [0.1, 0.15) is 0 Å². The second-order valence-electron chi connectivity index (χ2n) is 7.09. The number of aromatic nitrogens is 2. The van der Waals surface area contributed by atoms with Gasteiger partial charge in [-0.2, -0.15) is 13.9 Å². The number of carbonyl (C=O) groups excluding carboxylic acids is 2. The van der Waals surface area contributed by atoms with Crippen LogP contribution in [0, 0.1) is 5.92 Å². The van der Waals surface area contributed by atoms with E-state index >= 15 is 0 Å². The Hall–Kier alpha value is -2.77. The molecule has 3 aliphatic heterocycles. The summed E-state index contributed by atoms with van der Waals surface area (Å²) in [5, 5.41) is 3.70. The van der Waals surface area contributed by atoms with Crippen LogP contribution < -0.4 is 0 Å². The lowest BCUT2D eigenvalue weighted by molar-refractivity contribution is 0.0513. The quantitative estimate of drug-likeness (QED) is 0.830. The molecule has 27 heavy (non-hydrogen) atoms. The van der Waals surface area contributed by atoms with Crippen LogP contribution in [0.4, 0.5) is 8.78 Å². The molecule has 2 aromatic rings. The molecule has 0 N–H and O–H groups in total. The van der Waals surface area contributed by atoms with Gasteiger partial charge in [-0.25, -0.2) is 4.68 Å². The average molecular weight is 374 g/mol. The summed E-state index contributed by atoms with van der Waals surface area (Å²) in [7, 11) is 0. The number of rotatable bonds is 3. The van der Waals surface area contributed by atoms with Crippen molar-refractivity contribution in [2.45, 2.75) is 25.4 Å². The van der Waals surface area contributed by atoms with E-state index in [2.05, 4.69) is 5.10 Å². The highest BCUT2D eigenvalue weighted by Crippen LogP contribution is 2.30. The highest BCUT2D eigenvalue weighted by molar-refractivity contribution is 5.95. The largest absolute Gasteiger partial charge is 0.336 e. The third kappa shape index (κ3) is 3.43. The molecule has 6 nitrogen and oxygen atoms in total. The highest BCUT2D eigenvalue weighted by Gasteiger charge is 2.39. The number of benzene rings is 1. The molecule has 142 valence electrons. The van der Waals surface area contributed by atoms with Gasteiger partial charge in [0, 0.05) is 37.4 Å². The van der Waals surface area contributed by atoms with E-state index < -0.39 is 6.55 Å². The number of alkyl halides is 2. The molecule has 1 aromatic carbocycles. The monoisotopic (exact) mass is 374 g/mol. The van der Waals surface area contributed by atoms with E-state index in [1.165, 1.54) is 6.07 Å². The molecule has 8 heteroatoms. The van der Waals surface area contributed by atoms with Crippen molar-refractivity contribution >= 4 is 11.8 Å². The second-order valence-corrected chi connectivity index (χ2v) is 7.09. The minimum absolute atomic E-state index is 0.0174. The van der Waals surface area contributed by atoms with Crippen molar-refractivity contribution in [1.29, 1.82) is 0 Å². The lowest BCUT2D eigenvalue weighted by Crippen LogP contribution is -2.47. The summed E-state index contributed by atoms with van der Waals surface area (Å²) in [6, 6.07) is 10.3. The van der Waals surface area contributed by atoms with Crippen LogP contribution in [0.1, 0.15) is 40.2 Å². The molecule has 0 unspecified atom stereocenters. The number of hydrogen-bond acceptors (Lipinski definition) is 3. The molecule has 3 saturated heterocycles. The van der Waals surface area contributed by atoms with Gasteiger partial charge < -0.3 is 9.80 Å². The molecule has 3 aliphatic rings. The number of nitrogens with zero attached hydrogens (tertiary/aromatic N) is 4. The van der Waals surface area contributed by atoms with Crippen molar-refractivity contribution in [2.24, 2.45) is 5.92 Å². The normalized spacial score (nSPS) is 22.2. The maximum absolute atomic E-state index is 12.8. The van der Waals surface area contributed by atoms with Crippen molar-refractivity contribution in [3.8, 4) is 0 Å². The fourth-order valence-electron chi connectivity index (χ4n) is 3.97. The van der Waals surface area contributed by atoms with Gasteiger partial charge in [-0.15, -0.1) is 0 Å². The highest BCUT2D eigenvalue weighted by atomic mass is 19.3. The van der Waals surface area contributed by atoms with E-state index in [0.717, 1.165) is 19.0 Å². The summed E-state index contributed by atoms with van der Waals surface area (Å²) in [5.74, 6) is -0.209. The molecular formula is C19H20F2N4O2. The zero-order valence-corrected chi connectivity index (χ0v) is 14.7. The van der Waals surface area contributed by atoms with Gasteiger partial charge >= 0.3 is 6.55 Å². The summed E-state index contributed by atoms with van der Waals surface area (Å²) < 4.78 is 25.9. The molecule has 0 radical (unpaired) electrons. The fourth-order valence-corrected chi connectivity index (χ4v) is 3.97. The molecule has 0 spiro atoms. The van der Waals surface area contributed by atoms with Gasteiger partial charge in [0.25, 0.3) is 11.8 Å². The molecule has 2 amide bonds. The SMILES string of the molecule is O=C(c1ccccc1)N1C[C@H]2CC[C@@H](C1)N(C(=O)c1ccn(C(F)F)n1)C2. The van der Waals surface area contributed by atoms with Gasteiger partial charge in [-0.05, 0) is 37.0 Å². The van der Waals surface area contributed by atoms with E-state index in [4.69, 9.17) is 0 Å². The zero-order valence-electron chi connectivity index (χ0n) is 14.7. The number of carbonyl (C=O) groups is 2. The van der Waals surface area contributed by atoms with Gasteiger partial charge in [0.15, 0.2) is 5.69 Å². The van der Waals surface area contributed by atoms with Crippen LogP contribution in [0.15, 0.2) is 42.6 Å². The third-order valence-corrected chi connectivity index (χ3v) is 5.31. The van der Waals surface area contributed by atoms with Crippen molar-refractivity contribution in [3.63, 3.8) is 0 Å². The van der Waals surface area contributed by atoms with Crippen LogP contribution in [-0.4, -0.2) is 57.1 Å². The van der Waals surface area contributed by atoms with Crippen LogP contribution >= 0.6 is 0 Å². The summed E-state index contributed by atoms with van der Waals surface area (Å²) in [6.45, 7) is -1.21. The minimum Gasteiger partial charge on any atom is -0.336 e. The first-order chi connectivity index (χ1) is 13.0. The van der Waals surface area contributed by atoms with E-state index in [0.29, 0.717) is 29.9 Å². The lowest BCUT2D eigenvalue weighted by atomic mass is 9.95. The minimum atomic E-state index is -2.77. The zero-order chi connectivity index (χ0) is 19.0. The Kier molecular flexibility index (Phi) is 4.63. The molecular weight excluding hydrogens is 354 g/mol. The number of halogens is 2. The Labute approximate surface area is 155 Å². The van der Waals surface area contributed by atoms with Gasteiger partial charge in [0.05, 0.1) is 0 Å². The van der Waals surface area contributed by atoms with Gasteiger partial charge in [-0.3, -0.25) is 9.59 Å². The molecule has 1 aromatic heterocycles. The van der Waals surface area contributed by atoms with Crippen molar-refractivity contribution < 1.29 is 18.4 Å². The van der Waals surface area contributed by atoms with E-state index in [9.17, 15) is 18.4 Å². The summed E-state index contributed by atoms with van der Waals surface area (Å²) in [5.41, 5.74) is 0.649. The van der Waals surface area contributed by atoms with Crippen LogP contribution in [0.25, 0.3) is 0 Å². The van der Waals surface area contributed by atoms with E-state index in [1.807, 2.05) is 23.1 Å². The van der Waals surface area contributed by atoms with Gasteiger partial charge in [-0.1, -0.05) is 18.2 Å². The second kappa shape index (κ2) is 7.09. The Morgan fingerprint density at radius 3 is 2.48 bits per heavy atom. The molecule has 2 bridgehead atoms. The first kappa shape index (κ1) is 17.6. The predicted octanol–water partition coefficient (Wildman–Crippen LogP) is 2.66. The van der Waals surface area contributed by atoms with E-state index in [-0.39, 0.29) is 29.5 Å². The molecule has 2 atom stereocenters. The number of piperidine rings is 1. The Balaban J connectivity index is 1.52. The van der Waals surface area contributed by atoms with Crippen molar-refractivity contribution in [1.82, 2.24) is 19.6 Å². The number of amides is 2. The lowest BCUT2D eigenvalue weighted by Gasteiger charge is -2.35. The van der Waals surface area contributed by atoms with E-state index in [1.54, 1.807) is 17.0 Å². The first-order valence-electron chi connectivity index (χ1n) is 9.01. The smallest absolute Gasteiger partial charge is 0.333 e. The van der Waals surface area contributed by atoms with Crippen molar-refractivity contribution in [2.75, 3.05) is 19.6 Å². The Bertz CT molecular complexity index is 839. The van der Waals surface area contributed by atoms with Crippen LogP contribution in [0.5, 0.6) is 0 Å². The topological polar surface area (TPSA) is 58.4 Å². The van der Waals surface area contributed by atoms with Crippen LogP contribution in [0.2, 0.25) is 0 Å². The summed E-state index contributed by atoms with van der Waals surface area (Å²) in [6.07, 6.45) is 2.85. The summed E-state index contributed by atoms with van der Waals surface area (Å²) >= 11 is 0. The third-order valence-electron chi connectivity index (χ3n) is 5.31. The average Bonchev–Trinajstić information content (AvgIpc) is 3.01. The Morgan fingerprint density at radius 1 is 1.00 bits per heavy atom. The molecule has 4 heterocycles. The molecule has 0 aliphatic carbocycles. The molecule has 0 saturated carbocycles. The molecule has 3 fully saturated rings. The van der Waals surface area contributed by atoms with Gasteiger partial charge in [0.2, 0.25) is 0 Å². The molecule has 5 rings (SSSR count). The van der Waals surface area contributed by atoms with Crippen LogP contribution in [0.3, 0.4) is 0 Å². The fraction of sp³-hybridized carbons (Fsp3) is 0.421. The van der Waals surface area contributed by atoms with Crippen molar-refractivity contribution in [3.05, 3.63) is 53.9 Å². The standard InChI is InChI=1S/C19H20F2N4O2/c20-19(21)25-9-8-16(22-25)18(27)24-11-13-6-7-15(24)12-23(10-13)17(26)14-4-2-1-3-5-14/h1-5,8-9,13,15,19H,6-7,10-12H2/t13-,15+/m1/s1. The number of hydrogen-bond donors (Lipinski definition) is 0. The number of fused-ring (bicyclic) bond motifs is 4. The Morgan fingerprint density at radius 2 is 1.78 bits per heavy atom. The maximum Gasteiger partial charge on any atom is 0.333 e.